The number of sulfonamides is 2. The fraction of sp³-hybridized carbons (Fsp3) is 0.0833. The Morgan fingerprint density at radius 2 is 1.35 bits per heavy atom. The zero-order chi connectivity index (χ0) is 24.3. The molecule has 0 bridgehead atoms. The van der Waals surface area contributed by atoms with Crippen molar-refractivity contribution >= 4 is 48.2 Å². The molecule has 0 radical (unpaired) electrons. The van der Waals surface area contributed by atoms with Crippen LogP contribution in [-0.4, -0.2) is 27.7 Å². The highest BCUT2D eigenvalue weighted by Gasteiger charge is 2.38. The average molecular weight is 496 g/mol. The molecule has 34 heavy (non-hydrogen) atoms. The highest BCUT2D eigenvalue weighted by atomic mass is 32.3. The first-order chi connectivity index (χ1) is 16.3. The molecule has 0 aliphatic rings. The molecule has 4 aromatic rings. The van der Waals surface area contributed by atoms with Crippen molar-refractivity contribution in [3.05, 3.63) is 91.1 Å². The molecule has 0 saturated carbocycles. The monoisotopic (exact) mass is 495 g/mol. The number of fused-ring (bicyclic) bond motifs is 1. The molecule has 174 valence electrons. The zero-order valence-corrected chi connectivity index (χ0v) is 19.8. The van der Waals surface area contributed by atoms with Gasteiger partial charge in [0.05, 0.1) is 26.7 Å². The first kappa shape index (κ1) is 23.4. The number of carbonyl (C=O) groups excluding carboxylic acids is 1. The van der Waals surface area contributed by atoms with Crippen LogP contribution in [0.1, 0.15) is 13.3 Å². The highest BCUT2D eigenvalue weighted by Crippen LogP contribution is 2.37. The molecule has 0 aliphatic heterocycles. The van der Waals surface area contributed by atoms with Crippen molar-refractivity contribution in [3.63, 3.8) is 0 Å². The van der Waals surface area contributed by atoms with Gasteiger partial charge in [0.15, 0.2) is 0 Å². The topological polar surface area (TPSA) is 114 Å². The summed E-state index contributed by atoms with van der Waals surface area (Å²) in [7, 11) is -9.12. The predicted molar refractivity (Wildman–Crippen MR) is 130 cm³/mol. The molecule has 0 fully saturated rings. The number of hydrogen-bond acceptors (Lipinski definition) is 6. The molecule has 0 unspecified atom stereocenters. The first-order valence-electron chi connectivity index (χ1n) is 10.3. The molecule has 1 aromatic heterocycles. The Labute approximate surface area is 198 Å². The summed E-state index contributed by atoms with van der Waals surface area (Å²) in [4.78, 5) is 15.9. The predicted octanol–water partition coefficient (Wildman–Crippen LogP) is 4.17. The summed E-state index contributed by atoms with van der Waals surface area (Å²) in [5.74, 6) is -0.259. The van der Waals surface area contributed by atoms with Gasteiger partial charge >= 0.3 is 0 Å². The molecular weight excluding hydrogens is 474 g/mol. The Hall–Kier alpha value is -3.76. The molecule has 0 saturated heterocycles. The lowest BCUT2D eigenvalue weighted by atomic mass is 10.1. The smallest absolute Gasteiger partial charge is 0.277 e. The summed E-state index contributed by atoms with van der Waals surface area (Å²) in [5.41, 5.74) is 0.504. The summed E-state index contributed by atoms with van der Waals surface area (Å²) < 4.78 is 55.5. The number of pyridine rings is 1. The van der Waals surface area contributed by atoms with Crippen LogP contribution in [0.15, 0.2) is 101 Å². The third-order valence-corrected chi connectivity index (χ3v) is 9.24. The van der Waals surface area contributed by atoms with Crippen molar-refractivity contribution in [1.82, 2.24) is 4.98 Å². The summed E-state index contributed by atoms with van der Waals surface area (Å²) in [5, 5.41) is 2.97. The van der Waals surface area contributed by atoms with Gasteiger partial charge in [-0.05, 0) is 48.5 Å². The Kier molecular flexibility index (Phi) is 6.36. The number of nitrogens with one attached hydrogen (secondary N) is 1. The summed E-state index contributed by atoms with van der Waals surface area (Å²) in [6.07, 6.45) is 1.71. The fourth-order valence-electron chi connectivity index (χ4n) is 3.42. The van der Waals surface area contributed by atoms with Crippen LogP contribution in [-0.2, 0) is 24.8 Å². The van der Waals surface area contributed by atoms with E-state index in [-0.39, 0.29) is 38.7 Å². The third-order valence-electron chi connectivity index (χ3n) is 5.06. The van der Waals surface area contributed by atoms with E-state index in [9.17, 15) is 21.6 Å². The number of amides is 1. The van der Waals surface area contributed by atoms with E-state index < -0.39 is 20.0 Å². The van der Waals surface area contributed by atoms with Crippen molar-refractivity contribution in [2.45, 2.75) is 23.1 Å². The number of aromatic nitrogens is 1. The van der Waals surface area contributed by atoms with Crippen LogP contribution >= 0.6 is 0 Å². The lowest BCUT2D eigenvalue weighted by Gasteiger charge is -2.25. The minimum absolute atomic E-state index is 0.106. The Balaban J connectivity index is 2.03. The molecule has 10 heteroatoms. The summed E-state index contributed by atoms with van der Waals surface area (Å²) in [6.45, 7) is 1.69. The average Bonchev–Trinajstić information content (AvgIpc) is 2.86. The fourth-order valence-corrected chi connectivity index (χ4v) is 7.19. The number of carbonyl (C=O) groups is 1. The van der Waals surface area contributed by atoms with E-state index in [1.165, 1.54) is 66.9 Å². The van der Waals surface area contributed by atoms with Crippen LogP contribution in [0.5, 0.6) is 0 Å². The van der Waals surface area contributed by atoms with Crippen LogP contribution in [0.3, 0.4) is 0 Å². The van der Waals surface area contributed by atoms with E-state index in [0.29, 0.717) is 9.40 Å². The van der Waals surface area contributed by atoms with E-state index in [1.807, 2.05) is 0 Å². The van der Waals surface area contributed by atoms with Crippen LogP contribution in [0, 0.1) is 0 Å². The molecule has 8 nitrogen and oxygen atoms in total. The van der Waals surface area contributed by atoms with Crippen molar-refractivity contribution in [2.75, 3.05) is 9.03 Å². The molecule has 3 aromatic carbocycles. The van der Waals surface area contributed by atoms with E-state index in [4.69, 9.17) is 0 Å². The second-order valence-corrected chi connectivity index (χ2v) is 11.1. The molecule has 4 rings (SSSR count). The molecule has 1 heterocycles. The minimum atomic E-state index is -4.56. The van der Waals surface area contributed by atoms with Gasteiger partial charge < -0.3 is 5.32 Å². The Morgan fingerprint density at radius 1 is 0.794 bits per heavy atom. The first-order valence-corrected chi connectivity index (χ1v) is 13.2. The normalized spacial score (nSPS) is 11.8. The number of benzene rings is 3. The van der Waals surface area contributed by atoms with Crippen LogP contribution in [0.4, 0.5) is 11.4 Å². The maximum atomic E-state index is 13.8. The van der Waals surface area contributed by atoms with Gasteiger partial charge in [-0.3, -0.25) is 9.78 Å². The summed E-state index contributed by atoms with van der Waals surface area (Å²) in [6, 6.07) is 20.6. The SMILES string of the molecule is CCC(=O)Nc1ccc(N(S(=O)(=O)c2ccccc2)S(=O)(=O)c2ccccc2)c2cccnc12. The Morgan fingerprint density at radius 3 is 1.88 bits per heavy atom. The molecule has 0 spiro atoms. The number of rotatable bonds is 7. The summed E-state index contributed by atoms with van der Waals surface area (Å²) >= 11 is 0. The van der Waals surface area contributed by atoms with E-state index in [2.05, 4.69) is 10.3 Å². The highest BCUT2D eigenvalue weighted by molar-refractivity contribution is 8.10. The molecule has 1 N–H and O–H groups in total. The molecule has 0 aliphatic carbocycles. The largest absolute Gasteiger partial charge is 0.324 e. The number of nitrogens with zero attached hydrogens (tertiary/aromatic N) is 2. The zero-order valence-electron chi connectivity index (χ0n) is 18.1. The van der Waals surface area contributed by atoms with Crippen LogP contribution in [0.2, 0.25) is 0 Å². The van der Waals surface area contributed by atoms with Gasteiger partial charge in [0.1, 0.15) is 0 Å². The number of anilines is 2. The van der Waals surface area contributed by atoms with Crippen molar-refractivity contribution in [2.24, 2.45) is 0 Å². The van der Waals surface area contributed by atoms with Gasteiger partial charge in [-0.15, -0.1) is 0 Å². The maximum Gasteiger partial charge on any atom is 0.277 e. The molecule has 1 amide bonds. The van der Waals surface area contributed by atoms with Crippen molar-refractivity contribution in [3.8, 4) is 0 Å². The van der Waals surface area contributed by atoms with Gasteiger partial charge in [0.25, 0.3) is 20.0 Å². The van der Waals surface area contributed by atoms with E-state index in [0.717, 1.165) is 0 Å². The van der Waals surface area contributed by atoms with Crippen LogP contribution in [0.25, 0.3) is 10.9 Å². The van der Waals surface area contributed by atoms with Gasteiger partial charge in [0.2, 0.25) is 5.91 Å². The van der Waals surface area contributed by atoms with E-state index in [1.54, 1.807) is 31.2 Å². The molecule has 0 atom stereocenters. The van der Waals surface area contributed by atoms with Gasteiger partial charge in [-0.25, -0.2) is 16.8 Å². The van der Waals surface area contributed by atoms with Gasteiger partial charge in [0, 0.05) is 18.0 Å². The van der Waals surface area contributed by atoms with Gasteiger partial charge in [-0.2, -0.15) is 3.71 Å². The lowest BCUT2D eigenvalue weighted by molar-refractivity contribution is -0.115. The second kappa shape index (κ2) is 9.24. The molecular formula is C24H21N3O5S2. The number of hydrogen-bond donors (Lipinski definition) is 1. The van der Waals surface area contributed by atoms with Crippen molar-refractivity contribution < 1.29 is 21.6 Å². The second-order valence-electron chi connectivity index (χ2n) is 7.27. The van der Waals surface area contributed by atoms with Crippen molar-refractivity contribution in [1.29, 1.82) is 0 Å². The lowest BCUT2D eigenvalue weighted by Crippen LogP contribution is -2.37. The quantitative estimate of drug-likeness (QED) is 0.412. The van der Waals surface area contributed by atoms with Gasteiger partial charge in [-0.1, -0.05) is 43.3 Å². The minimum Gasteiger partial charge on any atom is -0.324 e. The Bertz CT molecular complexity index is 1490. The standard InChI is InChI=1S/C24H21N3O5S2/c1-2-23(28)26-21-15-16-22(20-14-9-17-25-24(20)21)27(33(29,30)18-10-5-3-6-11-18)34(31,32)19-12-7-4-8-13-19/h3-17H,2H2,1H3,(H,26,28). The van der Waals surface area contributed by atoms with E-state index >= 15 is 0 Å². The third kappa shape index (κ3) is 4.25. The van der Waals surface area contributed by atoms with Crippen LogP contribution < -0.4 is 9.03 Å². The maximum absolute atomic E-state index is 13.8.